The van der Waals surface area contributed by atoms with Gasteiger partial charge in [-0.1, -0.05) is 0 Å². The predicted octanol–water partition coefficient (Wildman–Crippen LogP) is 3.49. The third kappa shape index (κ3) is 7.77. The third-order valence-electron chi connectivity index (χ3n) is 4.43. The number of unbranched alkanes of at least 4 members (excludes halogenated alkanes) is 2. The summed E-state index contributed by atoms with van der Waals surface area (Å²) >= 11 is 0. The number of rotatable bonds is 8. The smallest absolute Gasteiger partial charge is 0.194 e. The second-order valence-corrected chi connectivity index (χ2v) is 6.36. The molecule has 1 aromatic rings. The van der Waals surface area contributed by atoms with E-state index in [0.29, 0.717) is 18.8 Å². The van der Waals surface area contributed by atoms with Crippen molar-refractivity contribution in [1.29, 1.82) is 0 Å². The van der Waals surface area contributed by atoms with Gasteiger partial charge in [0.25, 0.3) is 0 Å². The van der Waals surface area contributed by atoms with Gasteiger partial charge in [-0.3, -0.25) is 4.99 Å². The van der Waals surface area contributed by atoms with Crippen molar-refractivity contribution < 1.29 is 13.5 Å². The molecule has 0 aliphatic carbocycles. The maximum atomic E-state index is 14.0. The van der Waals surface area contributed by atoms with Crippen LogP contribution in [0.25, 0.3) is 0 Å². The van der Waals surface area contributed by atoms with Gasteiger partial charge < -0.3 is 19.9 Å². The number of hydrogen-bond acceptors (Lipinski definition) is 3. The molecule has 27 heavy (non-hydrogen) atoms. The molecule has 1 aliphatic heterocycles. The molecule has 0 atom stereocenters. The molecule has 1 saturated heterocycles. The Morgan fingerprint density at radius 1 is 1.15 bits per heavy atom. The van der Waals surface area contributed by atoms with E-state index in [1.165, 1.54) is 12.1 Å². The molecule has 1 aliphatic rings. The Hall–Kier alpha value is -1.16. The highest BCUT2D eigenvalue weighted by Crippen LogP contribution is 2.21. The lowest BCUT2D eigenvalue weighted by atomic mass is 10.2. The fourth-order valence-corrected chi connectivity index (χ4v) is 3.03. The van der Waals surface area contributed by atoms with Gasteiger partial charge in [0.1, 0.15) is 11.6 Å². The predicted molar refractivity (Wildman–Crippen MR) is 117 cm³/mol. The Kier molecular flexibility index (Phi) is 11.6. The molecule has 5 nitrogen and oxygen atoms in total. The Balaban J connectivity index is 0.00000364. The lowest BCUT2D eigenvalue weighted by Gasteiger charge is -2.37. The van der Waals surface area contributed by atoms with Crippen LogP contribution in [0.15, 0.2) is 23.2 Å². The molecule has 154 valence electrons. The van der Waals surface area contributed by atoms with Crippen molar-refractivity contribution in [1.82, 2.24) is 10.2 Å². The van der Waals surface area contributed by atoms with Crippen LogP contribution in [0.2, 0.25) is 0 Å². The zero-order chi connectivity index (χ0) is 18.8. The maximum Gasteiger partial charge on any atom is 0.194 e. The fourth-order valence-electron chi connectivity index (χ4n) is 3.03. The van der Waals surface area contributed by atoms with Gasteiger partial charge in [0, 0.05) is 59.1 Å². The number of aliphatic imine (C=N–C) groups is 1. The summed E-state index contributed by atoms with van der Waals surface area (Å²) in [5, 5.41) is 3.33. The maximum absolute atomic E-state index is 14.0. The SMILES string of the molecule is CCNC(=NCCCCCOC)N1CCN(c2cc(F)ccc2F)CC1.I. The quantitative estimate of drug-likeness (QED) is 0.259. The van der Waals surface area contributed by atoms with Crippen LogP contribution in [0.3, 0.4) is 0 Å². The van der Waals surface area contributed by atoms with E-state index >= 15 is 0 Å². The summed E-state index contributed by atoms with van der Waals surface area (Å²) in [6.07, 6.45) is 3.19. The number of piperazine rings is 1. The summed E-state index contributed by atoms with van der Waals surface area (Å²) in [5.74, 6) is 0.113. The van der Waals surface area contributed by atoms with Crippen molar-refractivity contribution in [2.24, 2.45) is 4.99 Å². The Morgan fingerprint density at radius 2 is 1.89 bits per heavy atom. The van der Waals surface area contributed by atoms with Gasteiger partial charge >= 0.3 is 0 Å². The van der Waals surface area contributed by atoms with E-state index in [2.05, 4.69) is 10.2 Å². The van der Waals surface area contributed by atoms with E-state index in [9.17, 15) is 8.78 Å². The first-order valence-electron chi connectivity index (χ1n) is 9.38. The van der Waals surface area contributed by atoms with Crippen molar-refractivity contribution in [2.75, 3.05) is 57.9 Å². The first kappa shape index (κ1) is 23.9. The molecule has 0 aromatic heterocycles. The van der Waals surface area contributed by atoms with Crippen molar-refractivity contribution in [3.05, 3.63) is 29.8 Å². The van der Waals surface area contributed by atoms with Gasteiger partial charge in [-0.05, 0) is 38.3 Å². The van der Waals surface area contributed by atoms with E-state index in [4.69, 9.17) is 9.73 Å². The molecule has 2 rings (SSSR count). The zero-order valence-electron chi connectivity index (χ0n) is 16.2. The molecular weight excluding hydrogens is 465 g/mol. The van der Waals surface area contributed by atoms with E-state index in [0.717, 1.165) is 64.1 Å². The minimum Gasteiger partial charge on any atom is -0.385 e. The van der Waals surface area contributed by atoms with Gasteiger partial charge in [-0.2, -0.15) is 0 Å². The van der Waals surface area contributed by atoms with Crippen LogP contribution < -0.4 is 10.2 Å². The van der Waals surface area contributed by atoms with Gasteiger partial charge in [0.2, 0.25) is 0 Å². The topological polar surface area (TPSA) is 40.1 Å². The summed E-state index contributed by atoms with van der Waals surface area (Å²) in [6.45, 7) is 7.16. The molecule has 0 saturated carbocycles. The van der Waals surface area contributed by atoms with E-state index in [1.807, 2.05) is 11.8 Å². The first-order chi connectivity index (χ1) is 12.7. The Morgan fingerprint density at radius 3 is 2.56 bits per heavy atom. The zero-order valence-corrected chi connectivity index (χ0v) is 18.5. The monoisotopic (exact) mass is 496 g/mol. The second-order valence-electron chi connectivity index (χ2n) is 6.36. The third-order valence-corrected chi connectivity index (χ3v) is 4.43. The molecule has 8 heteroatoms. The van der Waals surface area contributed by atoms with E-state index in [-0.39, 0.29) is 29.8 Å². The highest BCUT2D eigenvalue weighted by molar-refractivity contribution is 14.0. The normalized spacial score (nSPS) is 14.9. The number of methoxy groups -OCH3 is 1. The van der Waals surface area contributed by atoms with Gasteiger partial charge in [0.05, 0.1) is 5.69 Å². The van der Waals surface area contributed by atoms with Crippen molar-refractivity contribution in [3.63, 3.8) is 0 Å². The standard InChI is InChI=1S/C19H30F2N4O.HI/c1-3-22-19(23-9-5-4-6-14-26-2)25-12-10-24(11-13-25)18-15-16(20)7-8-17(18)21;/h7-8,15H,3-6,9-14H2,1-2H3,(H,22,23);1H. The van der Waals surface area contributed by atoms with Crippen molar-refractivity contribution >= 4 is 35.6 Å². The lowest BCUT2D eigenvalue weighted by molar-refractivity contribution is 0.192. The van der Waals surface area contributed by atoms with Crippen molar-refractivity contribution in [2.45, 2.75) is 26.2 Å². The van der Waals surface area contributed by atoms with Crippen LogP contribution in [-0.4, -0.2) is 63.8 Å². The van der Waals surface area contributed by atoms with Crippen LogP contribution in [0.5, 0.6) is 0 Å². The molecule has 0 spiro atoms. The Bertz CT molecular complexity index is 581. The first-order valence-corrected chi connectivity index (χ1v) is 9.38. The minimum atomic E-state index is -0.410. The fraction of sp³-hybridized carbons (Fsp3) is 0.632. The molecule has 0 unspecified atom stereocenters. The number of halogens is 3. The van der Waals surface area contributed by atoms with Gasteiger partial charge in [0.15, 0.2) is 5.96 Å². The number of guanidine groups is 1. The van der Waals surface area contributed by atoms with Crippen LogP contribution in [0.4, 0.5) is 14.5 Å². The number of nitrogens with zero attached hydrogens (tertiary/aromatic N) is 3. The van der Waals surface area contributed by atoms with Crippen molar-refractivity contribution in [3.8, 4) is 0 Å². The Labute approximate surface area is 178 Å². The van der Waals surface area contributed by atoms with Gasteiger partial charge in [-0.15, -0.1) is 24.0 Å². The number of anilines is 1. The van der Waals surface area contributed by atoms with Crippen LogP contribution >= 0.6 is 24.0 Å². The molecule has 0 radical (unpaired) electrons. The van der Waals surface area contributed by atoms with Gasteiger partial charge in [-0.25, -0.2) is 8.78 Å². The molecular formula is C19H31F2IN4O. The number of hydrogen-bond donors (Lipinski definition) is 1. The second kappa shape index (κ2) is 13.1. The van der Waals surface area contributed by atoms with E-state index < -0.39 is 5.82 Å². The molecule has 1 aromatic carbocycles. The summed E-state index contributed by atoms with van der Waals surface area (Å²) in [6, 6.07) is 3.61. The average Bonchev–Trinajstić information content (AvgIpc) is 2.66. The summed E-state index contributed by atoms with van der Waals surface area (Å²) in [7, 11) is 1.72. The molecule has 1 fully saturated rings. The molecule has 1 heterocycles. The number of nitrogens with one attached hydrogen (secondary N) is 1. The molecule has 0 amide bonds. The minimum absolute atomic E-state index is 0. The molecule has 1 N–H and O–H groups in total. The molecule has 0 bridgehead atoms. The van der Waals surface area contributed by atoms with Crippen LogP contribution in [-0.2, 0) is 4.74 Å². The number of ether oxygens (including phenoxy) is 1. The summed E-state index contributed by atoms with van der Waals surface area (Å²) < 4.78 is 32.4. The van der Waals surface area contributed by atoms with E-state index in [1.54, 1.807) is 7.11 Å². The van der Waals surface area contributed by atoms with Crippen LogP contribution in [0, 0.1) is 11.6 Å². The van der Waals surface area contributed by atoms with Crippen LogP contribution in [0.1, 0.15) is 26.2 Å². The highest BCUT2D eigenvalue weighted by Gasteiger charge is 2.21. The average molecular weight is 496 g/mol. The summed E-state index contributed by atoms with van der Waals surface area (Å²) in [5.41, 5.74) is 0.338. The lowest BCUT2D eigenvalue weighted by Crippen LogP contribution is -2.52. The highest BCUT2D eigenvalue weighted by atomic mass is 127. The largest absolute Gasteiger partial charge is 0.385 e. The number of benzene rings is 1. The summed E-state index contributed by atoms with van der Waals surface area (Å²) in [4.78, 5) is 8.78.